The first kappa shape index (κ1) is 17.9. The molecule has 0 N–H and O–H groups in total. The molecular formula is C19H24N2O3S. The van der Waals surface area contributed by atoms with Gasteiger partial charge < -0.3 is 9.64 Å². The van der Waals surface area contributed by atoms with Gasteiger partial charge in [0.2, 0.25) is 0 Å². The second-order valence-corrected chi connectivity index (χ2v) is 8.20. The van der Waals surface area contributed by atoms with Crippen LogP contribution >= 0.6 is 11.3 Å². The largest absolute Gasteiger partial charge is 0.448 e. The molecule has 0 aromatic carbocycles. The monoisotopic (exact) mass is 360 g/mol. The highest BCUT2D eigenvalue weighted by Gasteiger charge is 2.40. The molecule has 0 saturated heterocycles. The highest BCUT2D eigenvalue weighted by molar-refractivity contribution is 7.14. The van der Waals surface area contributed by atoms with Crippen LogP contribution < -0.4 is 0 Å². The molecule has 1 amide bonds. The van der Waals surface area contributed by atoms with E-state index in [9.17, 15) is 14.9 Å². The Kier molecular flexibility index (Phi) is 5.14. The number of fused-ring (bicyclic) bond motifs is 1. The van der Waals surface area contributed by atoms with Crippen molar-refractivity contribution in [1.29, 1.82) is 5.26 Å². The van der Waals surface area contributed by atoms with Crippen LogP contribution in [0.25, 0.3) is 0 Å². The Hall–Kier alpha value is -1.87. The Morgan fingerprint density at radius 2 is 2.00 bits per heavy atom. The van der Waals surface area contributed by atoms with Gasteiger partial charge in [0.05, 0.1) is 6.07 Å². The van der Waals surface area contributed by atoms with Crippen molar-refractivity contribution in [2.45, 2.75) is 69.9 Å². The second kappa shape index (κ2) is 7.17. The van der Waals surface area contributed by atoms with Crippen LogP contribution in [0, 0.1) is 11.3 Å². The summed E-state index contributed by atoms with van der Waals surface area (Å²) in [6.07, 6.45) is 6.65. The Balaban J connectivity index is 1.65. The number of ether oxygens (including phenoxy) is 1. The lowest BCUT2D eigenvalue weighted by Gasteiger charge is -2.39. The molecule has 3 rings (SSSR count). The number of esters is 1. The molecule has 0 unspecified atom stereocenters. The molecule has 0 bridgehead atoms. The van der Waals surface area contributed by atoms with E-state index in [2.05, 4.69) is 6.07 Å². The number of amides is 1. The molecule has 2 aliphatic rings. The minimum atomic E-state index is -0.887. The lowest BCUT2D eigenvalue weighted by Crippen LogP contribution is -2.53. The maximum Gasteiger partial charge on any atom is 0.349 e. The summed E-state index contributed by atoms with van der Waals surface area (Å²) in [5.74, 6) is -0.746. The molecule has 0 spiro atoms. The van der Waals surface area contributed by atoms with Crippen molar-refractivity contribution in [3.05, 3.63) is 21.4 Å². The van der Waals surface area contributed by atoms with Crippen molar-refractivity contribution in [2.75, 3.05) is 7.05 Å². The molecule has 0 aliphatic heterocycles. The van der Waals surface area contributed by atoms with E-state index in [0.29, 0.717) is 17.7 Å². The van der Waals surface area contributed by atoms with Crippen LogP contribution in [0.15, 0.2) is 6.07 Å². The first-order chi connectivity index (χ1) is 12.0. The molecule has 5 nitrogen and oxygen atoms in total. The zero-order valence-corrected chi connectivity index (χ0v) is 15.7. The quantitative estimate of drug-likeness (QED) is 0.771. The Morgan fingerprint density at radius 1 is 1.28 bits per heavy atom. The molecule has 1 heterocycles. The van der Waals surface area contributed by atoms with Crippen LogP contribution in [-0.2, 0) is 22.4 Å². The molecule has 6 heteroatoms. The second-order valence-electron chi connectivity index (χ2n) is 7.06. The Labute approximate surface area is 152 Å². The minimum Gasteiger partial charge on any atom is -0.448 e. The number of carbonyl (C=O) groups excluding carboxylic acids is 2. The molecule has 1 aromatic rings. The Morgan fingerprint density at radius 3 is 2.64 bits per heavy atom. The van der Waals surface area contributed by atoms with Gasteiger partial charge in [0.1, 0.15) is 10.4 Å². The van der Waals surface area contributed by atoms with Gasteiger partial charge in [-0.2, -0.15) is 5.26 Å². The predicted octanol–water partition coefficient (Wildman–Crippen LogP) is 3.47. The van der Waals surface area contributed by atoms with E-state index in [1.54, 1.807) is 14.0 Å². The number of nitrogens with zero attached hydrogens (tertiary/aromatic N) is 2. The van der Waals surface area contributed by atoms with Gasteiger partial charge >= 0.3 is 5.97 Å². The van der Waals surface area contributed by atoms with Crippen molar-refractivity contribution in [1.82, 2.24) is 4.90 Å². The highest BCUT2D eigenvalue weighted by atomic mass is 32.1. The van der Waals surface area contributed by atoms with Gasteiger partial charge in [-0.25, -0.2) is 4.79 Å². The van der Waals surface area contributed by atoms with Crippen LogP contribution in [0.4, 0.5) is 0 Å². The van der Waals surface area contributed by atoms with E-state index in [1.807, 2.05) is 6.07 Å². The SMILES string of the molecule is C[C@@H](OC(=O)c1cc2c(s1)CCC2)C(=O)N(C)C1(C#N)CCCCC1. The topological polar surface area (TPSA) is 70.4 Å². The summed E-state index contributed by atoms with van der Waals surface area (Å²) in [4.78, 5) is 28.4. The molecule has 1 fully saturated rings. The van der Waals surface area contributed by atoms with Gasteiger partial charge in [0.15, 0.2) is 6.10 Å². The zero-order valence-electron chi connectivity index (χ0n) is 14.8. The summed E-state index contributed by atoms with van der Waals surface area (Å²) >= 11 is 1.47. The average molecular weight is 360 g/mol. The first-order valence-electron chi connectivity index (χ1n) is 8.98. The summed E-state index contributed by atoms with van der Waals surface area (Å²) in [5, 5.41) is 9.62. The van der Waals surface area contributed by atoms with Crippen molar-refractivity contribution in [3.63, 3.8) is 0 Å². The zero-order chi connectivity index (χ0) is 18.0. The van der Waals surface area contributed by atoms with Gasteiger partial charge in [-0.15, -0.1) is 11.3 Å². The van der Waals surface area contributed by atoms with Crippen LogP contribution in [0.2, 0.25) is 0 Å². The normalized spacial score (nSPS) is 19.6. The van der Waals surface area contributed by atoms with Crippen LogP contribution in [0.3, 0.4) is 0 Å². The van der Waals surface area contributed by atoms with E-state index >= 15 is 0 Å². The maximum absolute atomic E-state index is 12.7. The summed E-state index contributed by atoms with van der Waals surface area (Å²) in [6, 6.07) is 4.23. The third-order valence-corrected chi connectivity index (χ3v) is 6.66. The molecule has 0 radical (unpaired) electrons. The van der Waals surface area contributed by atoms with E-state index < -0.39 is 17.6 Å². The molecular weight excluding hydrogens is 336 g/mol. The van der Waals surface area contributed by atoms with Gasteiger partial charge in [-0.1, -0.05) is 19.3 Å². The highest BCUT2D eigenvalue weighted by Crippen LogP contribution is 2.33. The van der Waals surface area contributed by atoms with E-state index in [4.69, 9.17) is 4.74 Å². The average Bonchev–Trinajstić information content (AvgIpc) is 3.22. The fourth-order valence-corrected chi connectivity index (χ4v) is 4.98. The Bertz CT molecular complexity index is 691. The van der Waals surface area contributed by atoms with Gasteiger partial charge in [0, 0.05) is 11.9 Å². The molecule has 2 aliphatic carbocycles. The standard InChI is InChI=1S/C19H24N2O3S/c1-13(17(22)21(2)19(12-20)9-4-3-5-10-19)24-18(23)16-11-14-7-6-8-15(14)25-16/h11,13H,3-10H2,1-2H3/t13-/m1/s1. The fraction of sp³-hybridized carbons (Fsp3) is 0.632. The number of hydrogen-bond donors (Lipinski definition) is 0. The minimum absolute atomic E-state index is 0.305. The summed E-state index contributed by atoms with van der Waals surface area (Å²) < 4.78 is 5.41. The van der Waals surface area contributed by atoms with Crippen molar-refractivity contribution in [2.24, 2.45) is 0 Å². The number of carbonyl (C=O) groups is 2. The summed E-state index contributed by atoms with van der Waals surface area (Å²) in [6.45, 7) is 1.59. The number of hydrogen-bond acceptors (Lipinski definition) is 5. The van der Waals surface area contributed by atoms with Gasteiger partial charge in [0.25, 0.3) is 5.91 Å². The number of nitriles is 1. The molecule has 134 valence electrons. The smallest absolute Gasteiger partial charge is 0.349 e. The lowest BCUT2D eigenvalue weighted by molar-refractivity contribution is -0.143. The van der Waals surface area contributed by atoms with Crippen LogP contribution in [0.1, 0.15) is 65.6 Å². The summed E-state index contributed by atoms with van der Waals surface area (Å²) in [5.41, 5.74) is 0.471. The summed E-state index contributed by atoms with van der Waals surface area (Å²) in [7, 11) is 1.65. The fourth-order valence-electron chi connectivity index (χ4n) is 3.84. The maximum atomic E-state index is 12.7. The first-order valence-corrected chi connectivity index (χ1v) is 9.80. The van der Waals surface area contributed by atoms with Gasteiger partial charge in [-0.05, 0) is 50.7 Å². The molecule has 1 atom stereocenters. The number of likely N-dealkylation sites (N-methyl/N-ethyl adjacent to an activating group) is 1. The van der Waals surface area contributed by atoms with Gasteiger partial charge in [-0.3, -0.25) is 4.79 Å². The third kappa shape index (κ3) is 3.43. The van der Waals surface area contributed by atoms with Crippen LogP contribution in [-0.4, -0.2) is 35.5 Å². The van der Waals surface area contributed by atoms with E-state index in [0.717, 1.165) is 38.5 Å². The lowest BCUT2D eigenvalue weighted by atomic mass is 9.81. The van der Waals surface area contributed by atoms with Crippen molar-refractivity contribution < 1.29 is 14.3 Å². The number of aryl methyl sites for hydroxylation is 2. The van der Waals surface area contributed by atoms with E-state index in [-0.39, 0.29) is 5.91 Å². The molecule has 1 aromatic heterocycles. The molecule has 1 saturated carbocycles. The number of rotatable bonds is 4. The predicted molar refractivity (Wildman–Crippen MR) is 95.4 cm³/mol. The number of thiophene rings is 1. The molecule has 25 heavy (non-hydrogen) atoms. The van der Waals surface area contributed by atoms with Crippen molar-refractivity contribution >= 4 is 23.2 Å². The van der Waals surface area contributed by atoms with Crippen molar-refractivity contribution in [3.8, 4) is 6.07 Å². The third-order valence-electron chi connectivity index (χ3n) is 5.44. The van der Waals surface area contributed by atoms with Crippen LogP contribution in [0.5, 0.6) is 0 Å². The van der Waals surface area contributed by atoms with E-state index in [1.165, 1.54) is 26.7 Å².